The Morgan fingerprint density at radius 3 is 2.91 bits per heavy atom. The van der Waals surface area contributed by atoms with Gasteiger partial charge in [0, 0.05) is 12.6 Å². The second-order valence-electron chi connectivity index (χ2n) is 2.09. The maximum Gasteiger partial charge on any atom is 0.328 e. The molecule has 0 unspecified atom stereocenters. The Balaban J connectivity index is 3.07. The molecule has 0 aliphatic carbocycles. The molecule has 0 aliphatic rings. The number of nitrogens with one attached hydrogen (secondary N) is 1. The molecule has 0 radical (unpaired) electrons. The van der Waals surface area contributed by atoms with Crippen LogP contribution in [0.4, 0.5) is 0 Å². The highest BCUT2D eigenvalue weighted by Gasteiger charge is 1.84. The molecule has 0 heterocycles. The van der Waals surface area contributed by atoms with Crippen molar-refractivity contribution in [1.29, 1.82) is 0 Å². The van der Waals surface area contributed by atoms with Crippen LogP contribution in [0.2, 0.25) is 0 Å². The average molecular weight is 158 g/mol. The van der Waals surface area contributed by atoms with E-state index in [1.807, 2.05) is 0 Å². The smallest absolute Gasteiger partial charge is 0.328 e. The Labute approximate surface area is 66.1 Å². The fourth-order valence-electron chi connectivity index (χ4n) is 0.572. The summed E-state index contributed by atoms with van der Waals surface area (Å²) >= 11 is 0. The quantitative estimate of drug-likeness (QED) is 0.362. The predicted octanol–water partition coefficient (Wildman–Crippen LogP) is -0.434. The van der Waals surface area contributed by atoms with Gasteiger partial charge in [-0.3, -0.25) is 0 Å². The molecule has 0 saturated heterocycles. The van der Waals surface area contributed by atoms with Gasteiger partial charge in [0.15, 0.2) is 0 Å². The molecule has 0 aromatic heterocycles. The van der Waals surface area contributed by atoms with Gasteiger partial charge in [-0.15, -0.1) is 0 Å². The third-order valence-electron chi connectivity index (χ3n) is 1.08. The van der Waals surface area contributed by atoms with E-state index in [9.17, 15) is 4.79 Å². The van der Waals surface area contributed by atoms with Crippen LogP contribution in [0, 0.1) is 0 Å². The summed E-state index contributed by atoms with van der Waals surface area (Å²) in [7, 11) is 0. The van der Waals surface area contributed by atoms with Crippen LogP contribution in [-0.4, -0.2) is 30.7 Å². The van der Waals surface area contributed by atoms with E-state index >= 15 is 0 Å². The first kappa shape index (κ1) is 10.1. The lowest BCUT2D eigenvalue weighted by atomic mass is 10.4. The van der Waals surface area contributed by atoms with Crippen molar-refractivity contribution in [3.8, 4) is 0 Å². The Bertz CT molecular complexity index is 134. The second-order valence-corrected chi connectivity index (χ2v) is 2.09. The van der Waals surface area contributed by atoms with E-state index in [0.717, 1.165) is 19.0 Å². The highest BCUT2D eigenvalue weighted by atomic mass is 16.4. The summed E-state index contributed by atoms with van der Waals surface area (Å²) in [6, 6.07) is 0. The first-order chi connectivity index (χ1) is 5.27. The molecule has 0 fully saturated rings. The van der Waals surface area contributed by atoms with Crippen LogP contribution in [0.15, 0.2) is 12.2 Å². The molecule has 64 valence electrons. The van der Waals surface area contributed by atoms with Crippen LogP contribution in [0.25, 0.3) is 0 Å². The van der Waals surface area contributed by atoms with Gasteiger partial charge in [-0.1, -0.05) is 6.08 Å². The Morgan fingerprint density at radius 1 is 1.64 bits per heavy atom. The third kappa shape index (κ3) is 9.13. The monoisotopic (exact) mass is 158 g/mol. The van der Waals surface area contributed by atoms with Crippen LogP contribution in [0.5, 0.6) is 0 Å². The fourth-order valence-corrected chi connectivity index (χ4v) is 0.572. The van der Waals surface area contributed by atoms with Crippen LogP contribution in [-0.2, 0) is 4.79 Å². The van der Waals surface area contributed by atoms with Gasteiger partial charge in [0.05, 0.1) is 0 Å². The molecule has 4 nitrogen and oxygen atoms in total. The molecule has 4 N–H and O–H groups in total. The van der Waals surface area contributed by atoms with Gasteiger partial charge in [-0.05, 0) is 19.5 Å². The molecule has 4 heteroatoms. The molecule has 0 amide bonds. The number of nitrogens with two attached hydrogens (primary N) is 1. The SMILES string of the molecule is NCCCNC/C=C/C(=O)O. The van der Waals surface area contributed by atoms with Crippen molar-refractivity contribution in [3.05, 3.63) is 12.2 Å². The Kier molecular flexibility index (Phi) is 6.67. The van der Waals surface area contributed by atoms with Crippen molar-refractivity contribution in [2.75, 3.05) is 19.6 Å². The van der Waals surface area contributed by atoms with Crippen LogP contribution >= 0.6 is 0 Å². The Morgan fingerprint density at radius 2 is 2.36 bits per heavy atom. The molecular weight excluding hydrogens is 144 g/mol. The average Bonchev–Trinajstić information content (AvgIpc) is 1.96. The molecular formula is C7H14N2O2. The number of rotatable bonds is 6. The fraction of sp³-hybridized carbons (Fsp3) is 0.571. The topological polar surface area (TPSA) is 75.3 Å². The summed E-state index contributed by atoms with van der Waals surface area (Å²) in [5.41, 5.74) is 5.24. The summed E-state index contributed by atoms with van der Waals surface area (Å²) in [6.45, 7) is 2.09. The lowest BCUT2D eigenvalue weighted by Crippen LogP contribution is -2.18. The molecule has 0 saturated carbocycles. The molecule has 0 aliphatic heterocycles. The Hall–Kier alpha value is -0.870. The number of carboxylic acid groups (broad SMARTS) is 1. The number of aliphatic carboxylic acids is 1. The number of hydrogen-bond acceptors (Lipinski definition) is 3. The largest absolute Gasteiger partial charge is 0.478 e. The zero-order chi connectivity index (χ0) is 8.53. The number of hydrogen-bond donors (Lipinski definition) is 3. The standard InChI is InChI=1S/C7H14N2O2/c8-4-2-6-9-5-1-3-7(10)11/h1,3,9H,2,4-6,8H2,(H,10,11)/b3-1+. The molecule has 0 spiro atoms. The minimum atomic E-state index is -0.911. The molecule has 0 rings (SSSR count). The van der Waals surface area contributed by atoms with Crippen molar-refractivity contribution in [2.24, 2.45) is 5.73 Å². The highest BCUT2D eigenvalue weighted by molar-refractivity contribution is 5.79. The van der Waals surface area contributed by atoms with Crippen molar-refractivity contribution in [2.45, 2.75) is 6.42 Å². The second kappa shape index (κ2) is 7.24. The van der Waals surface area contributed by atoms with E-state index in [1.54, 1.807) is 6.08 Å². The highest BCUT2D eigenvalue weighted by Crippen LogP contribution is 1.72. The van der Waals surface area contributed by atoms with Gasteiger partial charge >= 0.3 is 5.97 Å². The number of carboxylic acids is 1. The van der Waals surface area contributed by atoms with E-state index in [4.69, 9.17) is 10.8 Å². The van der Waals surface area contributed by atoms with Crippen LogP contribution in [0.3, 0.4) is 0 Å². The van der Waals surface area contributed by atoms with Gasteiger partial charge < -0.3 is 16.2 Å². The van der Waals surface area contributed by atoms with E-state index in [1.165, 1.54) is 0 Å². The van der Waals surface area contributed by atoms with Crippen molar-refractivity contribution in [1.82, 2.24) is 5.32 Å². The summed E-state index contributed by atoms with van der Waals surface area (Å²) in [5.74, 6) is -0.911. The molecule has 0 aromatic carbocycles. The molecule has 0 bridgehead atoms. The van der Waals surface area contributed by atoms with E-state index < -0.39 is 5.97 Å². The molecule has 0 atom stereocenters. The summed E-state index contributed by atoms with van der Waals surface area (Å²) < 4.78 is 0. The first-order valence-electron chi connectivity index (χ1n) is 3.57. The molecule has 11 heavy (non-hydrogen) atoms. The van der Waals surface area contributed by atoms with Crippen molar-refractivity contribution in [3.63, 3.8) is 0 Å². The van der Waals surface area contributed by atoms with E-state index in [-0.39, 0.29) is 0 Å². The lowest BCUT2D eigenvalue weighted by Gasteiger charge is -1.96. The van der Waals surface area contributed by atoms with Gasteiger partial charge in [0.1, 0.15) is 0 Å². The zero-order valence-electron chi connectivity index (χ0n) is 6.42. The summed E-state index contributed by atoms with van der Waals surface area (Å²) in [4.78, 5) is 9.95. The predicted molar refractivity (Wildman–Crippen MR) is 43.3 cm³/mol. The summed E-state index contributed by atoms with van der Waals surface area (Å²) in [6.07, 6.45) is 3.61. The third-order valence-corrected chi connectivity index (χ3v) is 1.08. The lowest BCUT2D eigenvalue weighted by molar-refractivity contribution is -0.131. The van der Waals surface area contributed by atoms with E-state index in [0.29, 0.717) is 13.1 Å². The number of carbonyl (C=O) groups is 1. The first-order valence-corrected chi connectivity index (χ1v) is 3.57. The minimum Gasteiger partial charge on any atom is -0.478 e. The molecule has 0 aromatic rings. The van der Waals surface area contributed by atoms with Gasteiger partial charge in [0.2, 0.25) is 0 Å². The minimum absolute atomic E-state index is 0.590. The van der Waals surface area contributed by atoms with Crippen LogP contribution in [0.1, 0.15) is 6.42 Å². The van der Waals surface area contributed by atoms with E-state index in [2.05, 4.69) is 5.32 Å². The van der Waals surface area contributed by atoms with Gasteiger partial charge in [0.25, 0.3) is 0 Å². The maximum atomic E-state index is 9.95. The maximum absolute atomic E-state index is 9.95. The zero-order valence-corrected chi connectivity index (χ0v) is 6.42. The van der Waals surface area contributed by atoms with Crippen molar-refractivity contribution >= 4 is 5.97 Å². The van der Waals surface area contributed by atoms with Crippen molar-refractivity contribution < 1.29 is 9.90 Å². The normalized spacial score (nSPS) is 10.6. The van der Waals surface area contributed by atoms with Gasteiger partial charge in [-0.25, -0.2) is 4.79 Å². The van der Waals surface area contributed by atoms with Gasteiger partial charge in [-0.2, -0.15) is 0 Å². The summed E-state index contributed by atoms with van der Waals surface area (Å²) in [5, 5.41) is 11.2. The van der Waals surface area contributed by atoms with Crippen LogP contribution < -0.4 is 11.1 Å².